The molecule has 0 spiro atoms. The molecule has 0 saturated carbocycles. The van der Waals surface area contributed by atoms with Gasteiger partial charge in [0.05, 0.1) is 5.69 Å². The first kappa shape index (κ1) is 26.3. The van der Waals surface area contributed by atoms with Crippen molar-refractivity contribution in [1.29, 1.82) is 0 Å². The second-order valence-corrected chi connectivity index (χ2v) is 8.37. The monoisotopic (exact) mass is 487 g/mol. The van der Waals surface area contributed by atoms with E-state index in [0.717, 1.165) is 24.8 Å². The molecule has 0 bridgehead atoms. The Bertz CT molecular complexity index is 1140. The average molecular weight is 488 g/mol. The first-order chi connectivity index (χ1) is 17.4. The third-order valence-electron chi connectivity index (χ3n) is 5.43. The standard InChI is InChI=1S/C28H33N5O3/c1-2-3-5-10-25(34)33-26(27(35)31-22-13-15-23(16-14-22)32-28(29)30)21-11-17-24(18-12-21)36-19-20-8-6-4-7-9-20/h4,6-9,11-18,26H,2-3,5,10,19H2,1H3,(H,31,35)(H,33,34)(H4,29,30,32)/t26-/m0/s1. The summed E-state index contributed by atoms with van der Waals surface area (Å²) in [4.78, 5) is 29.8. The molecule has 8 nitrogen and oxygen atoms in total. The first-order valence-electron chi connectivity index (χ1n) is 12.0. The molecule has 3 aromatic carbocycles. The van der Waals surface area contributed by atoms with Crippen molar-refractivity contribution < 1.29 is 14.3 Å². The van der Waals surface area contributed by atoms with Gasteiger partial charge in [0.25, 0.3) is 5.91 Å². The lowest BCUT2D eigenvalue weighted by Crippen LogP contribution is -2.36. The number of benzene rings is 3. The molecule has 3 aromatic rings. The Hall–Kier alpha value is -4.33. The van der Waals surface area contributed by atoms with Crippen molar-refractivity contribution in [3.8, 4) is 5.75 Å². The summed E-state index contributed by atoms with van der Waals surface area (Å²) in [5.74, 6) is 0.0997. The number of aliphatic imine (C=N–C) groups is 1. The predicted molar refractivity (Wildman–Crippen MR) is 143 cm³/mol. The molecule has 6 N–H and O–H groups in total. The minimum atomic E-state index is -0.861. The van der Waals surface area contributed by atoms with E-state index >= 15 is 0 Å². The van der Waals surface area contributed by atoms with Gasteiger partial charge in [0.15, 0.2) is 5.96 Å². The summed E-state index contributed by atoms with van der Waals surface area (Å²) in [7, 11) is 0. The predicted octanol–water partition coefficient (Wildman–Crippen LogP) is 4.55. The fraction of sp³-hybridized carbons (Fsp3) is 0.250. The maximum absolute atomic E-state index is 13.2. The number of unbranched alkanes of at least 4 members (excludes halogenated alkanes) is 2. The summed E-state index contributed by atoms with van der Waals surface area (Å²) in [6, 6.07) is 22.9. The van der Waals surface area contributed by atoms with Crippen LogP contribution in [0.2, 0.25) is 0 Å². The van der Waals surface area contributed by atoms with E-state index in [1.807, 2.05) is 30.3 Å². The Kier molecular flexibility index (Phi) is 9.88. The van der Waals surface area contributed by atoms with Crippen LogP contribution in [0.15, 0.2) is 83.9 Å². The number of hydrogen-bond donors (Lipinski definition) is 4. The van der Waals surface area contributed by atoms with Gasteiger partial charge < -0.3 is 26.8 Å². The number of rotatable bonds is 12. The fourth-order valence-corrected chi connectivity index (χ4v) is 3.55. The van der Waals surface area contributed by atoms with E-state index in [2.05, 4.69) is 22.5 Å². The van der Waals surface area contributed by atoms with E-state index in [-0.39, 0.29) is 17.8 Å². The summed E-state index contributed by atoms with van der Waals surface area (Å²) in [6.07, 6.45) is 3.11. The third-order valence-corrected chi connectivity index (χ3v) is 5.43. The molecule has 0 saturated heterocycles. The Balaban J connectivity index is 1.71. The summed E-state index contributed by atoms with van der Waals surface area (Å²) in [5, 5.41) is 5.74. The van der Waals surface area contributed by atoms with Gasteiger partial charge in [-0.1, -0.05) is 62.2 Å². The Labute approximate surface area is 211 Å². The van der Waals surface area contributed by atoms with Crippen LogP contribution in [-0.2, 0) is 16.2 Å². The van der Waals surface area contributed by atoms with Crippen molar-refractivity contribution >= 4 is 29.1 Å². The number of hydrogen-bond acceptors (Lipinski definition) is 4. The van der Waals surface area contributed by atoms with Gasteiger partial charge in [-0.2, -0.15) is 0 Å². The van der Waals surface area contributed by atoms with Crippen LogP contribution < -0.4 is 26.8 Å². The third kappa shape index (κ3) is 8.47. The molecule has 3 rings (SSSR count). The highest BCUT2D eigenvalue weighted by molar-refractivity contribution is 5.98. The SMILES string of the molecule is CCCCCC(=O)N[C@H](C(=O)Nc1ccc(N=C(N)N)cc1)c1ccc(OCc2ccccc2)cc1. The quantitative estimate of drug-likeness (QED) is 0.169. The highest BCUT2D eigenvalue weighted by Crippen LogP contribution is 2.22. The molecular weight excluding hydrogens is 454 g/mol. The summed E-state index contributed by atoms with van der Waals surface area (Å²) >= 11 is 0. The van der Waals surface area contributed by atoms with Crippen LogP contribution in [-0.4, -0.2) is 17.8 Å². The summed E-state index contributed by atoms with van der Waals surface area (Å²) in [5.41, 5.74) is 13.7. The topological polar surface area (TPSA) is 132 Å². The number of ether oxygens (including phenoxy) is 1. The van der Waals surface area contributed by atoms with Crippen LogP contribution >= 0.6 is 0 Å². The van der Waals surface area contributed by atoms with Gasteiger partial charge >= 0.3 is 0 Å². The van der Waals surface area contributed by atoms with Gasteiger partial charge in [0.1, 0.15) is 18.4 Å². The van der Waals surface area contributed by atoms with Gasteiger partial charge in [0.2, 0.25) is 5.91 Å². The minimum absolute atomic E-state index is 0.0474. The lowest BCUT2D eigenvalue weighted by Gasteiger charge is -2.19. The molecule has 2 amide bonds. The van der Waals surface area contributed by atoms with Crippen molar-refractivity contribution in [2.75, 3.05) is 5.32 Å². The number of carbonyl (C=O) groups excluding carboxylic acids is 2. The second-order valence-electron chi connectivity index (χ2n) is 8.37. The van der Waals surface area contributed by atoms with E-state index in [4.69, 9.17) is 16.2 Å². The lowest BCUT2D eigenvalue weighted by atomic mass is 10.0. The number of anilines is 1. The second kappa shape index (κ2) is 13.5. The molecule has 0 heterocycles. The Morgan fingerprint density at radius 1 is 0.917 bits per heavy atom. The fourth-order valence-electron chi connectivity index (χ4n) is 3.55. The van der Waals surface area contributed by atoms with Crippen molar-refractivity contribution in [3.05, 3.63) is 90.0 Å². The molecule has 1 atom stereocenters. The summed E-state index contributed by atoms with van der Waals surface area (Å²) in [6.45, 7) is 2.52. The van der Waals surface area contributed by atoms with Gasteiger partial charge in [-0.25, -0.2) is 4.99 Å². The molecule has 0 aliphatic carbocycles. The van der Waals surface area contributed by atoms with Crippen LogP contribution in [0.5, 0.6) is 5.75 Å². The molecule has 0 aliphatic heterocycles. The lowest BCUT2D eigenvalue weighted by molar-refractivity contribution is -0.126. The van der Waals surface area contributed by atoms with Crippen molar-refractivity contribution in [2.45, 2.75) is 45.3 Å². The van der Waals surface area contributed by atoms with Crippen LogP contribution in [0.25, 0.3) is 0 Å². The van der Waals surface area contributed by atoms with Crippen LogP contribution in [0.4, 0.5) is 11.4 Å². The molecule has 0 radical (unpaired) electrons. The highest BCUT2D eigenvalue weighted by atomic mass is 16.5. The van der Waals surface area contributed by atoms with Crippen LogP contribution in [0, 0.1) is 0 Å². The van der Waals surface area contributed by atoms with E-state index < -0.39 is 6.04 Å². The van der Waals surface area contributed by atoms with Crippen molar-refractivity contribution in [2.24, 2.45) is 16.5 Å². The van der Waals surface area contributed by atoms with Gasteiger partial charge in [0, 0.05) is 12.1 Å². The smallest absolute Gasteiger partial charge is 0.251 e. The highest BCUT2D eigenvalue weighted by Gasteiger charge is 2.23. The normalized spacial score (nSPS) is 11.2. The maximum Gasteiger partial charge on any atom is 0.251 e. The molecule has 188 valence electrons. The Morgan fingerprint density at radius 3 is 2.25 bits per heavy atom. The van der Waals surface area contributed by atoms with Crippen LogP contribution in [0.3, 0.4) is 0 Å². The Morgan fingerprint density at radius 2 is 1.61 bits per heavy atom. The molecule has 8 heteroatoms. The number of nitrogens with zero attached hydrogens (tertiary/aromatic N) is 1. The van der Waals surface area contributed by atoms with Crippen LogP contribution in [0.1, 0.15) is 49.8 Å². The largest absolute Gasteiger partial charge is 0.489 e. The van der Waals surface area contributed by atoms with Crippen molar-refractivity contribution in [1.82, 2.24) is 5.32 Å². The number of amides is 2. The molecule has 36 heavy (non-hydrogen) atoms. The zero-order valence-corrected chi connectivity index (χ0v) is 20.4. The number of guanidine groups is 1. The molecule has 0 aliphatic rings. The van der Waals surface area contributed by atoms with Gasteiger partial charge in [-0.05, 0) is 53.9 Å². The number of nitrogens with one attached hydrogen (secondary N) is 2. The molecule has 0 unspecified atom stereocenters. The molecule has 0 aromatic heterocycles. The summed E-state index contributed by atoms with van der Waals surface area (Å²) < 4.78 is 5.85. The van der Waals surface area contributed by atoms with Gasteiger partial charge in [-0.15, -0.1) is 0 Å². The zero-order valence-electron chi connectivity index (χ0n) is 20.4. The zero-order chi connectivity index (χ0) is 25.8. The maximum atomic E-state index is 13.2. The van der Waals surface area contributed by atoms with Gasteiger partial charge in [-0.3, -0.25) is 9.59 Å². The minimum Gasteiger partial charge on any atom is -0.489 e. The number of nitrogens with two attached hydrogens (primary N) is 2. The molecular formula is C28H33N5O3. The van der Waals surface area contributed by atoms with E-state index in [1.165, 1.54) is 0 Å². The van der Waals surface area contributed by atoms with E-state index in [1.54, 1.807) is 48.5 Å². The first-order valence-corrected chi connectivity index (χ1v) is 12.0. The van der Waals surface area contributed by atoms with E-state index in [9.17, 15) is 9.59 Å². The molecule has 0 fully saturated rings. The van der Waals surface area contributed by atoms with E-state index in [0.29, 0.717) is 35.7 Å². The number of carbonyl (C=O) groups is 2. The van der Waals surface area contributed by atoms with Crippen molar-refractivity contribution in [3.63, 3.8) is 0 Å². The average Bonchev–Trinajstić information content (AvgIpc) is 2.88.